The lowest BCUT2D eigenvalue weighted by atomic mass is 9.80. The first-order chi connectivity index (χ1) is 14.8. The Labute approximate surface area is 184 Å². The van der Waals surface area contributed by atoms with E-state index in [4.69, 9.17) is 4.74 Å². The average Bonchev–Trinajstić information content (AvgIpc) is 3.51. The molecule has 1 aliphatic heterocycles. The van der Waals surface area contributed by atoms with E-state index in [0.29, 0.717) is 25.3 Å². The fourth-order valence-electron chi connectivity index (χ4n) is 4.62. The number of aliphatic carboxylic acids is 1. The Bertz CT molecular complexity index is 844. The van der Waals surface area contributed by atoms with E-state index in [1.165, 1.54) is 11.0 Å². The van der Waals surface area contributed by atoms with Gasteiger partial charge in [-0.3, -0.25) is 4.79 Å². The summed E-state index contributed by atoms with van der Waals surface area (Å²) in [4.78, 5) is 26.1. The van der Waals surface area contributed by atoms with Crippen LogP contribution < -0.4 is 4.74 Å². The fraction of sp³-hybridized carbons (Fsp3) is 0.600. The molecule has 1 N–H and O–H groups in total. The number of carboxylic acid groups (broad SMARTS) is 1. The number of carbonyl (C=O) groups excluding carboxylic acids is 1. The number of carbonyl (C=O) groups is 2. The highest BCUT2D eigenvalue weighted by Crippen LogP contribution is 2.46. The summed E-state index contributed by atoms with van der Waals surface area (Å²) in [6, 6.07) is 2.00. The van der Waals surface area contributed by atoms with Crippen molar-refractivity contribution in [3.05, 3.63) is 41.7 Å². The number of benzene rings is 1. The molecular formula is C25H34FNO4. The van der Waals surface area contributed by atoms with Crippen molar-refractivity contribution < 1.29 is 23.8 Å². The van der Waals surface area contributed by atoms with Crippen molar-refractivity contribution in [1.29, 1.82) is 0 Å². The number of hydrogen-bond donors (Lipinski definition) is 1. The van der Waals surface area contributed by atoms with Gasteiger partial charge in [0.25, 0.3) is 5.91 Å². The van der Waals surface area contributed by atoms with Crippen LogP contribution in [0.3, 0.4) is 0 Å². The molecule has 3 rings (SSSR count). The van der Waals surface area contributed by atoms with E-state index < -0.39 is 23.7 Å². The highest BCUT2D eigenvalue weighted by molar-refractivity contribution is 5.97. The largest absolute Gasteiger partial charge is 0.493 e. The van der Waals surface area contributed by atoms with Crippen LogP contribution in [0.2, 0.25) is 0 Å². The second kappa shape index (κ2) is 9.41. The minimum absolute atomic E-state index is 0.0477. The Morgan fingerprint density at radius 1 is 1.29 bits per heavy atom. The normalized spacial score (nSPS) is 21.2. The van der Waals surface area contributed by atoms with Crippen molar-refractivity contribution in [3.63, 3.8) is 0 Å². The van der Waals surface area contributed by atoms with Gasteiger partial charge in [0.1, 0.15) is 17.6 Å². The number of hydrogen-bond acceptors (Lipinski definition) is 3. The molecule has 1 saturated heterocycles. The lowest BCUT2D eigenvalue weighted by Gasteiger charge is -2.31. The first-order valence-electron chi connectivity index (χ1n) is 11.4. The second-order valence-electron chi connectivity index (χ2n) is 9.18. The van der Waals surface area contributed by atoms with Crippen molar-refractivity contribution in [3.8, 4) is 5.75 Å². The molecule has 0 radical (unpaired) electrons. The number of nitrogens with zero attached hydrogens (tertiary/aromatic N) is 1. The predicted molar refractivity (Wildman–Crippen MR) is 118 cm³/mol. The van der Waals surface area contributed by atoms with Crippen molar-refractivity contribution in [1.82, 2.24) is 4.90 Å². The van der Waals surface area contributed by atoms with Gasteiger partial charge in [0, 0.05) is 18.0 Å². The molecule has 170 valence electrons. The number of ether oxygens (including phenoxy) is 1. The van der Waals surface area contributed by atoms with Gasteiger partial charge in [-0.05, 0) is 62.0 Å². The van der Waals surface area contributed by atoms with Gasteiger partial charge in [-0.2, -0.15) is 0 Å². The molecule has 1 amide bonds. The maximum absolute atomic E-state index is 15.1. The number of carboxylic acids is 1. The van der Waals surface area contributed by atoms with Crippen molar-refractivity contribution >= 4 is 11.9 Å². The van der Waals surface area contributed by atoms with Crippen molar-refractivity contribution in [2.75, 3.05) is 13.2 Å². The fourth-order valence-corrected chi connectivity index (χ4v) is 4.62. The summed E-state index contributed by atoms with van der Waals surface area (Å²) < 4.78 is 21.2. The van der Waals surface area contributed by atoms with Crippen molar-refractivity contribution in [2.45, 2.75) is 71.3 Å². The molecule has 0 spiro atoms. The first kappa shape index (κ1) is 23.3. The summed E-state index contributed by atoms with van der Waals surface area (Å²) in [6.45, 7) is 10.7. The first-order valence-corrected chi connectivity index (χ1v) is 11.4. The predicted octanol–water partition coefficient (Wildman–Crippen LogP) is 5.40. The van der Waals surface area contributed by atoms with Crippen LogP contribution in [0.25, 0.3) is 0 Å². The molecule has 1 aromatic rings. The summed E-state index contributed by atoms with van der Waals surface area (Å²) >= 11 is 0. The number of likely N-dealkylation sites (tertiary alicyclic amines) is 1. The smallest absolute Gasteiger partial charge is 0.326 e. The Morgan fingerprint density at radius 2 is 1.97 bits per heavy atom. The molecule has 5 nitrogen and oxygen atoms in total. The van der Waals surface area contributed by atoms with E-state index in [1.54, 1.807) is 6.07 Å². The Kier molecular flexibility index (Phi) is 7.07. The Balaban J connectivity index is 1.88. The van der Waals surface area contributed by atoms with Gasteiger partial charge >= 0.3 is 5.97 Å². The molecule has 31 heavy (non-hydrogen) atoms. The lowest BCUT2D eigenvalue weighted by Crippen LogP contribution is -2.43. The molecule has 2 aliphatic rings. The molecule has 6 heteroatoms. The minimum Gasteiger partial charge on any atom is -0.493 e. The SMILES string of the molecule is C=CCC(CC)(CC)COc1cc(F)c(C(=O)N2CC[C@H](C)[C@H]2C(=O)O)cc1C1CC1. The van der Waals surface area contributed by atoms with E-state index in [0.717, 1.165) is 37.7 Å². The molecule has 1 aromatic carbocycles. The standard InChI is InChI=1S/C25H34FNO4/c1-5-11-25(6-2,7-3)15-31-21-14-20(26)19(13-18(21)17-8-9-17)23(28)27-12-10-16(4)22(27)24(29)30/h5,13-14,16-17,22H,1,6-12,15H2,2-4H3,(H,29,30)/t16-,22-/m0/s1. The molecule has 2 fully saturated rings. The van der Waals surface area contributed by atoms with Crippen LogP contribution in [0.5, 0.6) is 5.75 Å². The van der Waals surface area contributed by atoms with Crippen LogP contribution in [-0.4, -0.2) is 41.1 Å². The van der Waals surface area contributed by atoms with E-state index in [9.17, 15) is 14.7 Å². The lowest BCUT2D eigenvalue weighted by molar-refractivity contribution is -0.142. The van der Waals surface area contributed by atoms with Crippen LogP contribution in [0.15, 0.2) is 24.8 Å². The summed E-state index contributed by atoms with van der Waals surface area (Å²) in [5, 5.41) is 9.54. The molecule has 2 atom stereocenters. The van der Waals surface area contributed by atoms with Gasteiger partial charge in [0.2, 0.25) is 0 Å². The third kappa shape index (κ3) is 4.78. The average molecular weight is 432 g/mol. The highest BCUT2D eigenvalue weighted by atomic mass is 19.1. The van der Waals surface area contributed by atoms with Crippen molar-refractivity contribution in [2.24, 2.45) is 11.3 Å². The van der Waals surface area contributed by atoms with Crippen LogP contribution in [0, 0.1) is 17.2 Å². The van der Waals surface area contributed by atoms with Gasteiger partial charge < -0.3 is 14.7 Å². The second-order valence-corrected chi connectivity index (χ2v) is 9.18. The zero-order valence-corrected chi connectivity index (χ0v) is 18.8. The van der Waals surface area contributed by atoms with Gasteiger partial charge in [0.15, 0.2) is 0 Å². The number of amides is 1. The topological polar surface area (TPSA) is 66.8 Å². The zero-order valence-electron chi connectivity index (χ0n) is 18.8. The van der Waals surface area contributed by atoms with Crippen LogP contribution >= 0.6 is 0 Å². The zero-order chi connectivity index (χ0) is 22.8. The van der Waals surface area contributed by atoms with Gasteiger partial charge in [-0.15, -0.1) is 6.58 Å². The van der Waals surface area contributed by atoms with Crippen LogP contribution in [0.4, 0.5) is 4.39 Å². The third-order valence-electron chi connectivity index (χ3n) is 7.17. The monoisotopic (exact) mass is 431 g/mol. The minimum atomic E-state index is -1.04. The van der Waals surface area contributed by atoms with Crippen LogP contribution in [0.1, 0.15) is 81.1 Å². The Morgan fingerprint density at radius 3 is 2.52 bits per heavy atom. The summed E-state index contributed by atoms with van der Waals surface area (Å²) in [7, 11) is 0. The number of allylic oxidation sites excluding steroid dienone is 1. The summed E-state index contributed by atoms with van der Waals surface area (Å²) in [5.41, 5.74) is 0.745. The third-order valence-corrected chi connectivity index (χ3v) is 7.17. The summed E-state index contributed by atoms with van der Waals surface area (Å²) in [5.74, 6) is -1.65. The summed E-state index contributed by atoms with van der Waals surface area (Å²) in [6.07, 6.45) is 7.13. The van der Waals surface area contributed by atoms with E-state index >= 15 is 4.39 Å². The maximum atomic E-state index is 15.1. The molecule has 1 aliphatic carbocycles. The van der Waals surface area contributed by atoms with Gasteiger partial charge in [-0.1, -0.05) is 26.8 Å². The van der Waals surface area contributed by atoms with Crippen LogP contribution in [-0.2, 0) is 4.79 Å². The molecule has 0 unspecified atom stereocenters. The molecule has 0 bridgehead atoms. The van der Waals surface area contributed by atoms with E-state index in [1.807, 2.05) is 13.0 Å². The van der Waals surface area contributed by atoms with E-state index in [2.05, 4.69) is 20.4 Å². The molecular weight excluding hydrogens is 397 g/mol. The molecule has 0 aromatic heterocycles. The van der Waals surface area contributed by atoms with Gasteiger partial charge in [0.05, 0.1) is 12.2 Å². The Hall–Kier alpha value is -2.37. The molecule has 1 saturated carbocycles. The highest BCUT2D eigenvalue weighted by Gasteiger charge is 2.41. The number of halogens is 1. The van der Waals surface area contributed by atoms with E-state index in [-0.39, 0.29) is 22.8 Å². The maximum Gasteiger partial charge on any atom is 0.326 e. The molecule has 1 heterocycles. The number of rotatable bonds is 10. The quantitative estimate of drug-likeness (QED) is 0.504. The van der Waals surface area contributed by atoms with Gasteiger partial charge in [-0.25, -0.2) is 9.18 Å².